The van der Waals surface area contributed by atoms with Crippen LogP contribution in [0.4, 0.5) is 0 Å². The summed E-state index contributed by atoms with van der Waals surface area (Å²) in [6.45, 7) is 4.18. The summed E-state index contributed by atoms with van der Waals surface area (Å²) in [5, 5.41) is 4.18. The smallest absolute Gasteiger partial charge is 0.138 e. The molecule has 0 saturated heterocycles. The molecule has 88 valence electrons. The minimum absolute atomic E-state index is 0.344. The van der Waals surface area contributed by atoms with Crippen molar-refractivity contribution in [2.24, 2.45) is 5.92 Å². The largest absolute Gasteiger partial charge is 0.299 e. The van der Waals surface area contributed by atoms with Gasteiger partial charge in [0.1, 0.15) is 17.9 Å². The van der Waals surface area contributed by atoms with Gasteiger partial charge in [-0.3, -0.25) is 4.79 Å². The fourth-order valence-corrected chi connectivity index (χ4v) is 1.91. The maximum Gasteiger partial charge on any atom is 0.138 e. The fourth-order valence-electron chi connectivity index (χ4n) is 1.91. The average Bonchev–Trinajstić information content (AvgIpc) is 2.98. The molecule has 1 aromatic heterocycles. The van der Waals surface area contributed by atoms with Crippen LogP contribution in [0.15, 0.2) is 6.33 Å². The summed E-state index contributed by atoms with van der Waals surface area (Å²) in [7, 11) is 0. The van der Waals surface area contributed by atoms with Crippen molar-refractivity contribution in [2.75, 3.05) is 0 Å². The second kappa shape index (κ2) is 4.76. The molecular formula is C12H19N3O. The second-order valence-electron chi connectivity index (χ2n) is 4.81. The van der Waals surface area contributed by atoms with E-state index >= 15 is 0 Å². The molecule has 0 bridgehead atoms. The maximum absolute atomic E-state index is 11.5. The van der Waals surface area contributed by atoms with E-state index in [2.05, 4.69) is 23.9 Å². The van der Waals surface area contributed by atoms with Gasteiger partial charge in [-0.2, -0.15) is 5.10 Å². The molecule has 0 N–H and O–H groups in total. The molecule has 16 heavy (non-hydrogen) atoms. The zero-order chi connectivity index (χ0) is 11.5. The topological polar surface area (TPSA) is 47.8 Å². The average molecular weight is 221 g/mol. The van der Waals surface area contributed by atoms with Crippen LogP contribution in [0.1, 0.15) is 51.4 Å². The van der Waals surface area contributed by atoms with Gasteiger partial charge in [-0.25, -0.2) is 9.67 Å². The van der Waals surface area contributed by atoms with Gasteiger partial charge in [-0.05, 0) is 33.1 Å². The predicted molar refractivity (Wildman–Crippen MR) is 61.1 cm³/mol. The Morgan fingerprint density at radius 2 is 2.31 bits per heavy atom. The zero-order valence-electron chi connectivity index (χ0n) is 10.0. The van der Waals surface area contributed by atoms with E-state index in [-0.39, 0.29) is 0 Å². The molecule has 1 fully saturated rings. The van der Waals surface area contributed by atoms with Crippen LogP contribution < -0.4 is 0 Å². The quantitative estimate of drug-likeness (QED) is 0.739. The number of aromatic nitrogens is 3. The van der Waals surface area contributed by atoms with E-state index in [0.717, 1.165) is 31.5 Å². The van der Waals surface area contributed by atoms with E-state index in [9.17, 15) is 4.79 Å². The van der Waals surface area contributed by atoms with Crippen molar-refractivity contribution in [1.82, 2.24) is 14.8 Å². The molecule has 0 atom stereocenters. The van der Waals surface area contributed by atoms with Crippen LogP contribution in [-0.4, -0.2) is 20.5 Å². The highest BCUT2D eigenvalue weighted by molar-refractivity contribution is 5.83. The van der Waals surface area contributed by atoms with E-state index < -0.39 is 0 Å². The van der Waals surface area contributed by atoms with E-state index in [1.165, 1.54) is 0 Å². The SMILES string of the molecule is CC(C)n1ncnc1CCCC(=O)C1CC1. The number of rotatable bonds is 6. The molecule has 4 heteroatoms. The van der Waals surface area contributed by atoms with Crippen molar-refractivity contribution < 1.29 is 4.79 Å². The lowest BCUT2D eigenvalue weighted by molar-refractivity contribution is -0.120. The Labute approximate surface area is 96.1 Å². The molecule has 4 nitrogen and oxygen atoms in total. The summed E-state index contributed by atoms with van der Waals surface area (Å²) < 4.78 is 1.93. The number of hydrogen-bond acceptors (Lipinski definition) is 3. The lowest BCUT2D eigenvalue weighted by atomic mass is 10.1. The van der Waals surface area contributed by atoms with Gasteiger partial charge < -0.3 is 0 Å². The number of ketones is 1. The van der Waals surface area contributed by atoms with E-state index in [1.54, 1.807) is 6.33 Å². The number of nitrogens with zero attached hydrogens (tertiary/aromatic N) is 3. The number of carbonyl (C=O) groups is 1. The van der Waals surface area contributed by atoms with E-state index in [4.69, 9.17) is 0 Å². The summed E-state index contributed by atoms with van der Waals surface area (Å²) in [5.74, 6) is 1.83. The van der Waals surface area contributed by atoms with Crippen LogP contribution in [0.5, 0.6) is 0 Å². The Bertz CT molecular complexity index is 366. The van der Waals surface area contributed by atoms with E-state index in [1.807, 2.05) is 4.68 Å². The normalized spacial score (nSPS) is 15.7. The van der Waals surface area contributed by atoms with Gasteiger partial charge in [0.25, 0.3) is 0 Å². The third-order valence-electron chi connectivity index (χ3n) is 2.99. The Morgan fingerprint density at radius 1 is 1.56 bits per heavy atom. The minimum atomic E-state index is 0.344. The number of carbonyl (C=O) groups excluding carboxylic acids is 1. The lowest BCUT2D eigenvalue weighted by Gasteiger charge is -2.08. The first-order chi connectivity index (χ1) is 7.68. The fraction of sp³-hybridized carbons (Fsp3) is 0.750. The van der Waals surface area contributed by atoms with Crippen molar-refractivity contribution in [3.63, 3.8) is 0 Å². The van der Waals surface area contributed by atoms with Crippen molar-refractivity contribution in [1.29, 1.82) is 0 Å². The van der Waals surface area contributed by atoms with Gasteiger partial charge in [0, 0.05) is 24.8 Å². The zero-order valence-corrected chi connectivity index (χ0v) is 10.0. The van der Waals surface area contributed by atoms with Gasteiger partial charge in [0.15, 0.2) is 0 Å². The summed E-state index contributed by atoms with van der Waals surface area (Å²) in [4.78, 5) is 15.7. The Morgan fingerprint density at radius 3 is 2.94 bits per heavy atom. The Balaban J connectivity index is 1.80. The highest BCUT2D eigenvalue weighted by Crippen LogP contribution is 2.31. The van der Waals surface area contributed by atoms with Crippen LogP contribution in [-0.2, 0) is 11.2 Å². The standard InChI is InChI=1S/C12H19N3O/c1-9(2)15-12(13-8-14-15)5-3-4-11(16)10-6-7-10/h8-10H,3-7H2,1-2H3. The third-order valence-corrected chi connectivity index (χ3v) is 2.99. The molecular weight excluding hydrogens is 202 g/mol. The Hall–Kier alpha value is -1.19. The van der Waals surface area contributed by atoms with Crippen LogP contribution in [0.3, 0.4) is 0 Å². The van der Waals surface area contributed by atoms with Crippen LogP contribution in [0.25, 0.3) is 0 Å². The number of hydrogen-bond donors (Lipinski definition) is 0. The molecule has 1 saturated carbocycles. The molecule has 0 aromatic carbocycles. The highest BCUT2D eigenvalue weighted by Gasteiger charge is 2.28. The molecule has 0 radical (unpaired) electrons. The second-order valence-corrected chi connectivity index (χ2v) is 4.81. The van der Waals surface area contributed by atoms with Crippen molar-refractivity contribution in [3.05, 3.63) is 12.2 Å². The molecule has 1 aromatic rings. The summed E-state index contributed by atoms with van der Waals surface area (Å²) in [6, 6.07) is 0.344. The molecule has 1 aliphatic rings. The van der Waals surface area contributed by atoms with E-state index in [0.29, 0.717) is 24.2 Å². The molecule has 0 spiro atoms. The lowest BCUT2D eigenvalue weighted by Crippen LogP contribution is -2.09. The summed E-state index contributed by atoms with van der Waals surface area (Å²) >= 11 is 0. The van der Waals surface area contributed by atoms with Gasteiger partial charge in [-0.15, -0.1) is 0 Å². The Kier molecular flexibility index (Phi) is 3.36. The first-order valence-corrected chi connectivity index (χ1v) is 6.09. The molecule has 1 heterocycles. The maximum atomic E-state index is 11.5. The van der Waals surface area contributed by atoms with Gasteiger partial charge >= 0.3 is 0 Å². The van der Waals surface area contributed by atoms with Gasteiger partial charge in [0.2, 0.25) is 0 Å². The van der Waals surface area contributed by atoms with Gasteiger partial charge in [0.05, 0.1) is 0 Å². The molecule has 0 aliphatic heterocycles. The van der Waals surface area contributed by atoms with Crippen molar-refractivity contribution in [3.8, 4) is 0 Å². The van der Waals surface area contributed by atoms with Crippen molar-refractivity contribution >= 4 is 5.78 Å². The predicted octanol–water partition coefficient (Wildman–Crippen LogP) is 2.16. The van der Waals surface area contributed by atoms with Crippen molar-refractivity contribution in [2.45, 2.75) is 52.0 Å². The summed E-state index contributed by atoms with van der Waals surface area (Å²) in [5.41, 5.74) is 0. The molecule has 1 aliphatic carbocycles. The summed E-state index contributed by atoms with van der Waals surface area (Å²) in [6.07, 6.45) is 6.28. The first-order valence-electron chi connectivity index (χ1n) is 6.09. The van der Waals surface area contributed by atoms with Crippen LogP contribution >= 0.6 is 0 Å². The molecule has 0 amide bonds. The molecule has 2 rings (SSSR count). The van der Waals surface area contributed by atoms with Gasteiger partial charge in [-0.1, -0.05) is 0 Å². The minimum Gasteiger partial charge on any atom is -0.299 e. The highest BCUT2D eigenvalue weighted by atomic mass is 16.1. The molecule has 0 unspecified atom stereocenters. The number of aryl methyl sites for hydroxylation is 1. The first kappa shape index (κ1) is 11.3. The van der Waals surface area contributed by atoms with Crippen LogP contribution in [0, 0.1) is 5.92 Å². The third kappa shape index (κ3) is 2.68. The monoisotopic (exact) mass is 221 g/mol. The number of Topliss-reactive ketones (excluding diaryl/α,β-unsaturated/α-hetero) is 1. The van der Waals surface area contributed by atoms with Crippen LogP contribution in [0.2, 0.25) is 0 Å².